The van der Waals surface area contributed by atoms with Gasteiger partial charge in [-0.1, -0.05) is 20.3 Å². The smallest absolute Gasteiger partial charge is 0.410 e. The Morgan fingerprint density at radius 1 is 1.36 bits per heavy atom. The van der Waals surface area contributed by atoms with Crippen molar-refractivity contribution in [2.24, 2.45) is 5.92 Å². The molecule has 0 unspecified atom stereocenters. The molecule has 0 aromatic carbocycles. The lowest BCUT2D eigenvalue weighted by Gasteiger charge is -2.31. The van der Waals surface area contributed by atoms with E-state index in [9.17, 15) is 9.59 Å². The number of amides is 1. The highest BCUT2D eigenvalue weighted by Crippen LogP contribution is 2.29. The topological polar surface area (TPSA) is 79.7 Å². The van der Waals surface area contributed by atoms with E-state index in [4.69, 9.17) is 9.72 Å². The minimum atomic E-state index is -0.239. The third-order valence-electron chi connectivity index (χ3n) is 5.58. The molecule has 0 radical (unpaired) electrons. The normalized spacial score (nSPS) is 16.5. The van der Waals surface area contributed by atoms with E-state index < -0.39 is 0 Å². The standard InChI is InChI=1S/C20H30N4O3S/c1-5-13(3)11-15-14(4)28-19-17(15)18(25)21-16(22-19)12-23-7-9-24(10-8-23)20(26)27-6-2/h13H,5-12H2,1-4H3,(H,21,22,25)/p+1/t13-/m1/s1. The number of aromatic amines is 1. The van der Waals surface area contributed by atoms with Gasteiger partial charge < -0.3 is 14.6 Å². The van der Waals surface area contributed by atoms with Crippen molar-refractivity contribution in [1.82, 2.24) is 14.9 Å². The van der Waals surface area contributed by atoms with Crippen LogP contribution in [0.15, 0.2) is 4.79 Å². The summed E-state index contributed by atoms with van der Waals surface area (Å²) in [7, 11) is 0. The summed E-state index contributed by atoms with van der Waals surface area (Å²) in [4.78, 5) is 37.5. The fraction of sp³-hybridized carbons (Fsp3) is 0.650. The lowest BCUT2D eigenvalue weighted by atomic mass is 9.98. The molecule has 1 aliphatic rings. The van der Waals surface area contributed by atoms with Gasteiger partial charge in [0.25, 0.3) is 5.56 Å². The van der Waals surface area contributed by atoms with Gasteiger partial charge in [-0.15, -0.1) is 11.3 Å². The number of fused-ring (bicyclic) bond motifs is 1. The molecule has 154 valence electrons. The highest BCUT2D eigenvalue weighted by Gasteiger charge is 2.25. The number of thiophene rings is 1. The number of ether oxygens (including phenoxy) is 1. The maximum Gasteiger partial charge on any atom is 0.410 e. The molecule has 1 saturated heterocycles. The lowest BCUT2D eigenvalue weighted by molar-refractivity contribution is -0.918. The monoisotopic (exact) mass is 407 g/mol. The summed E-state index contributed by atoms with van der Waals surface area (Å²) >= 11 is 1.62. The van der Waals surface area contributed by atoms with Gasteiger partial charge in [-0.25, -0.2) is 9.78 Å². The minimum Gasteiger partial charge on any atom is -0.450 e. The summed E-state index contributed by atoms with van der Waals surface area (Å²) in [6, 6.07) is 0. The number of aryl methyl sites for hydroxylation is 1. The van der Waals surface area contributed by atoms with Crippen LogP contribution in [0.2, 0.25) is 0 Å². The van der Waals surface area contributed by atoms with Gasteiger partial charge in [0.15, 0.2) is 5.82 Å². The second-order valence-corrected chi connectivity index (χ2v) is 8.86. The number of hydrogen-bond donors (Lipinski definition) is 2. The Morgan fingerprint density at radius 3 is 2.71 bits per heavy atom. The van der Waals surface area contributed by atoms with Crippen LogP contribution in [0, 0.1) is 12.8 Å². The molecule has 1 atom stereocenters. The van der Waals surface area contributed by atoms with Crippen LogP contribution in [0.25, 0.3) is 10.2 Å². The van der Waals surface area contributed by atoms with Gasteiger partial charge in [0.05, 0.1) is 38.2 Å². The predicted octanol–water partition coefficient (Wildman–Crippen LogP) is 1.74. The first-order chi connectivity index (χ1) is 13.4. The SMILES string of the molecule is CCOC(=O)N1CC[NH+](Cc2nc3sc(C)c(C[C@H](C)CC)c3c(=O)[nH]2)CC1. The highest BCUT2D eigenvalue weighted by atomic mass is 32.1. The molecule has 0 saturated carbocycles. The van der Waals surface area contributed by atoms with Gasteiger partial charge in [-0.3, -0.25) is 9.69 Å². The summed E-state index contributed by atoms with van der Waals surface area (Å²) in [5.41, 5.74) is 1.14. The number of carbonyl (C=O) groups is 1. The van der Waals surface area contributed by atoms with Crippen molar-refractivity contribution in [3.63, 3.8) is 0 Å². The van der Waals surface area contributed by atoms with E-state index >= 15 is 0 Å². The third-order valence-corrected chi connectivity index (χ3v) is 6.62. The molecule has 1 amide bonds. The Hall–Kier alpha value is -1.93. The summed E-state index contributed by atoms with van der Waals surface area (Å²) in [5, 5.41) is 0.772. The molecule has 3 heterocycles. The first-order valence-corrected chi connectivity index (χ1v) is 11.0. The number of carbonyl (C=O) groups excluding carboxylic acids is 1. The molecule has 28 heavy (non-hydrogen) atoms. The van der Waals surface area contributed by atoms with Crippen LogP contribution < -0.4 is 10.5 Å². The maximum atomic E-state index is 12.8. The van der Waals surface area contributed by atoms with E-state index in [2.05, 4.69) is 25.8 Å². The number of nitrogens with one attached hydrogen (secondary N) is 2. The zero-order chi connectivity index (χ0) is 20.3. The largest absolute Gasteiger partial charge is 0.450 e. The van der Waals surface area contributed by atoms with Crippen molar-refractivity contribution in [1.29, 1.82) is 0 Å². The fourth-order valence-corrected chi connectivity index (χ4v) is 4.75. The Morgan fingerprint density at radius 2 is 2.07 bits per heavy atom. The summed E-state index contributed by atoms with van der Waals surface area (Å²) in [6.45, 7) is 12.3. The van der Waals surface area contributed by atoms with Crippen molar-refractivity contribution >= 4 is 27.6 Å². The molecule has 2 N–H and O–H groups in total. The van der Waals surface area contributed by atoms with Crippen molar-refractivity contribution in [2.75, 3.05) is 32.8 Å². The highest BCUT2D eigenvalue weighted by molar-refractivity contribution is 7.18. The van der Waals surface area contributed by atoms with Gasteiger partial charge in [0.2, 0.25) is 0 Å². The molecule has 0 aliphatic carbocycles. The average molecular weight is 408 g/mol. The Bertz CT molecular complexity index is 883. The quantitative estimate of drug-likeness (QED) is 0.764. The fourth-order valence-electron chi connectivity index (χ4n) is 3.68. The average Bonchev–Trinajstić information content (AvgIpc) is 2.98. The van der Waals surface area contributed by atoms with Crippen LogP contribution in [-0.4, -0.2) is 53.7 Å². The first kappa shape index (κ1) is 20.8. The van der Waals surface area contributed by atoms with Crippen molar-refractivity contribution in [2.45, 2.75) is 47.1 Å². The summed E-state index contributed by atoms with van der Waals surface area (Å²) in [5.74, 6) is 1.28. The Kier molecular flexibility index (Phi) is 6.72. The maximum absolute atomic E-state index is 12.8. The number of rotatable bonds is 6. The van der Waals surface area contributed by atoms with E-state index in [-0.39, 0.29) is 11.7 Å². The molecule has 3 rings (SSSR count). The van der Waals surface area contributed by atoms with Crippen molar-refractivity contribution in [3.05, 3.63) is 26.6 Å². The minimum absolute atomic E-state index is 0.0211. The molecule has 2 aromatic rings. The summed E-state index contributed by atoms with van der Waals surface area (Å²) < 4.78 is 5.07. The molecule has 0 bridgehead atoms. The molecule has 7 nitrogen and oxygen atoms in total. The van der Waals surface area contributed by atoms with Gasteiger partial charge in [-0.05, 0) is 31.7 Å². The molecule has 0 spiro atoms. The second kappa shape index (κ2) is 9.05. The molecular formula is C20H31N4O3S+. The van der Waals surface area contributed by atoms with Gasteiger partial charge in [-0.2, -0.15) is 0 Å². The van der Waals surface area contributed by atoms with Crippen LogP contribution >= 0.6 is 11.3 Å². The Balaban J connectivity index is 1.72. The molecule has 1 aliphatic heterocycles. The van der Waals surface area contributed by atoms with Crippen molar-refractivity contribution in [3.8, 4) is 0 Å². The molecule has 1 fully saturated rings. The molecular weight excluding hydrogens is 376 g/mol. The van der Waals surface area contributed by atoms with Gasteiger partial charge in [0, 0.05) is 4.88 Å². The van der Waals surface area contributed by atoms with Crippen molar-refractivity contribution < 1.29 is 14.4 Å². The van der Waals surface area contributed by atoms with E-state index in [1.165, 1.54) is 9.78 Å². The van der Waals surface area contributed by atoms with Crippen LogP contribution in [-0.2, 0) is 17.7 Å². The van der Waals surface area contributed by atoms with E-state index in [0.29, 0.717) is 32.2 Å². The third kappa shape index (κ3) is 4.55. The predicted molar refractivity (Wildman–Crippen MR) is 111 cm³/mol. The van der Waals surface area contributed by atoms with Crippen LogP contribution in [0.3, 0.4) is 0 Å². The van der Waals surface area contributed by atoms with Gasteiger partial charge in [0.1, 0.15) is 11.4 Å². The zero-order valence-electron chi connectivity index (χ0n) is 17.3. The number of H-pyrrole nitrogens is 1. The number of quaternary nitrogens is 1. The van der Waals surface area contributed by atoms with Gasteiger partial charge >= 0.3 is 6.09 Å². The number of hydrogen-bond acceptors (Lipinski definition) is 5. The molecule has 8 heteroatoms. The lowest BCUT2D eigenvalue weighted by Crippen LogP contribution is -3.13. The van der Waals surface area contributed by atoms with Crippen LogP contribution in [0.1, 0.15) is 43.5 Å². The van der Waals surface area contributed by atoms with E-state index in [1.54, 1.807) is 16.2 Å². The zero-order valence-corrected chi connectivity index (χ0v) is 18.1. The summed E-state index contributed by atoms with van der Waals surface area (Å²) in [6.07, 6.45) is 1.78. The number of nitrogens with zero attached hydrogens (tertiary/aromatic N) is 2. The first-order valence-electron chi connectivity index (χ1n) is 10.2. The van der Waals surface area contributed by atoms with Crippen LogP contribution in [0.4, 0.5) is 4.79 Å². The number of piperazine rings is 1. The molecule has 2 aromatic heterocycles. The van der Waals surface area contributed by atoms with Crippen LogP contribution in [0.5, 0.6) is 0 Å². The number of aromatic nitrogens is 2. The Labute approximate surface area is 169 Å². The second-order valence-electron chi connectivity index (χ2n) is 7.66. The van der Waals surface area contributed by atoms with E-state index in [0.717, 1.165) is 47.5 Å². The van der Waals surface area contributed by atoms with E-state index in [1.807, 2.05) is 6.92 Å².